The Kier molecular flexibility index (Phi) is 4.66. The van der Waals surface area contributed by atoms with Crippen molar-refractivity contribution in [2.24, 2.45) is 0 Å². The fraction of sp³-hybridized carbons (Fsp3) is 0.467. The van der Waals surface area contributed by atoms with Gasteiger partial charge in [-0.2, -0.15) is 0 Å². The zero-order chi connectivity index (χ0) is 13.8. The van der Waals surface area contributed by atoms with Crippen molar-refractivity contribution in [3.8, 4) is 0 Å². The van der Waals surface area contributed by atoms with E-state index >= 15 is 0 Å². The molecule has 0 bridgehead atoms. The molecule has 104 valence electrons. The van der Waals surface area contributed by atoms with Gasteiger partial charge in [0.1, 0.15) is 11.6 Å². The van der Waals surface area contributed by atoms with Crippen LogP contribution in [0.5, 0.6) is 0 Å². The standard InChI is InChI=1S/C15H18F2O2/c1-10(13-7-6-12(16)9-14(13)17)11(2)19-15-5-3-4-8-18-15/h6-7,9,11,15H,1,3-5,8H2,2H3/t11-,15?/m1/s1. The van der Waals surface area contributed by atoms with Crippen LogP contribution in [0, 0.1) is 11.6 Å². The van der Waals surface area contributed by atoms with Crippen molar-refractivity contribution in [2.75, 3.05) is 6.61 Å². The van der Waals surface area contributed by atoms with E-state index in [9.17, 15) is 8.78 Å². The van der Waals surface area contributed by atoms with E-state index in [1.807, 2.05) is 0 Å². The SMILES string of the molecule is C=C(c1ccc(F)cc1F)[C@@H](C)OC1CCCCO1. The summed E-state index contributed by atoms with van der Waals surface area (Å²) in [6.45, 7) is 6.32. The predicted molar refractivity (Wildman–Crippen MR) is 69.5 cm³/mol. The van der Waals surface area contributed by atoms with Crippen molar-refractivity contribution in [1.29, 1.82) is 0 Å². The minimum absolute atomic E-state index is 0.260. The molecule has 1 fully saturated rings. The van der Waals surface area contributed by atoms with Gasteiger partial charge in [0.2, 0.25) is 0 Å². The molecule has 1 aromatic carbocycles. The van der Waals surface area contributed by atoms with E-state index in [2.05, 4.69) is 6.58 Å². The van der Waals surface area contributed by atoms with Gasteiger partial charge in [0, 0.05) is 18.2 Å². The van der Waals surface area contributed by atoms with Crippen molar-refractivity contribution in [1.82, 2.24) is 0 Å². The number of ether oxygens (including phenoxy) is 2. The average molecular weight is 268 g/mol. The summed E-state index contributed by atoms with van der Waals surface area (Å²) < 4.78 is 37.7. The van der Waals surface area contributed by atoms with E-state index in [-0.39, 0.29) is 18.0 Å². The van der Waals surface area contributed by atoms with Gasteiger partial charge in [-0.3, -0.25) is 0 Å². The summed E-state index contributed by atoms with van der Waals surface area (Å²) in [7, 11) is 0. The predicted octanol–water partition coefficient (Wildman–Crippen LogP) is 3.91. The lowest BCUT2D eigenvalue weighted by atomic mass is 10.0. The summed E-state index contributed by atoms with van der Waals surface area (Å²) in [5.74, 6) is -1.22. The summed E-state index contributed by atoms with van der Waals surface area (Å²) in [5, 5.41) is 0. The molecule has 2 nitrogen and oxygen atoms in total. The summed E-state index contributed by atoms with van der Waals surface area (Å²) in [4.78, 5) is 0. The van der Waals surface area contributed by atoms with Crippen molar-refractivity contribution in [3.05, 3.63) is 42.0 Å². The number of benzene rings is 1. The first-order valence-corrected chi connectivity index (χ1v) is 6.49. The van der Waals surface area contributed by atoms with E-state index in [0.717, 1.165) is 25.3 Å². The zero-order valence-corrected chi connectivity index (χ0v) is 11.0. The molecule has 1 aliphatic rings. The van der Waals surface area contributed by atoms with Crippen LogP contribution in [0.3, 0.4) is 0 Å². The second kappa shape index (κ2) is 6.26. The van der Waals surface area contributed by atoms with Crippen molar-refractivity contribution in [3.63, 3.8) is 0 Å². The highest BCUT2D eigenvalue weighted by atomic mass is 19.1. The number of rotatable bonds is 4. The summed E-state index contributed by atoms with van der Waals surface area (Å²) in [5.41, 5.74) is 0.774. The largest absolute Gasteiger partial charge is 0.353 e. The van der Waals surface area contributed by atoms with Crippen LogP contribution in [-0.2, 0) is 9.47 Å². The molecule has 1 saturated heterocycles. The molecule has 0 amide bonds. The molecule has 0 N–H and O–H groups in total. The lowest BCUT2D eigenvalue weighted by molar-refractivity contribution is -0.172. The first kappa shape index (κ1) is 14.2. The van der Waals surface area contributed by atoms with Crippen LogP contribution in [-0.4, -0.2) is 19.0 Å². The molecule has 0 aromatic heterocycles. The second-order valence-corrected chi connectivity index (χ2v) is 4.72. The Labute approximate surface area is 112 Å². The van der Waals surface area contributed by atoms with E-state index in [4.69, 9.17) is 9.47 Å². The van der Waals surface area contributed by atoms with E-state index in [0.29, 0.717) is 12.2 Å². The molecule has 1 heterocycles. The number of halogens is 2. The first-order valence-electron chi connectivity index (χ1n) is 6.49. The van der Waals surface area contributed by atoms with Gasteiger partial charge in [-0.05, 0) is 43.9 Å². The first-order chi connectivity index (χ1) is 9.08. The van der Waals surface area contributed by atoms with E-state index < -0.39 is 11.6 Å². The molecular formula is C15H18F2O2. The fourth-order valence-electron chi connectivity index (χ4n) is 2.10. The smallest absolute Gasteiger partial charge is 0.158 e. The number of hydrogen-bond acceptors (Lipinski definition) is 2. The highest BCUT2D eigenvalue weighted by molar-refractivity contribution is 5.66. The van der Waals surface area contributed by atoms with Crippen LogP contribution in [0.25, 0.3) is 5.57 Å². The van der Waals surface area contributed by atoms with Gasteiger partial charge in [-0.15, -0.1) is 0 Å². The molecule has 0 aliphatic carbocycles. The highest BCUT2D eigenvalue weighted by Gasteiger charge is 2.20. The Balaban J connectivity index is 2.01. The minimum atomic E-state index is -0.620. The molecule has 0 radical (unpaired) electrons. The second-order valence-electron chi connectivity index (χ2n) is 4.72. The Morgan fingerprint density at radius 3 is 2.84 bits per heavy atom. The monoisotopic (exact) mass is 268 g/mol. The van der Waals surface area contributed by atoms with Crippen LogP contribution < -0.4 is 0 Å². The normalized spacial score (nSPS) is 21.1. The van der Waals surface area contributed by atoms with Gasteiger partial charge in [-0.25, -0.2) is 8.78 Å². The summed E-state index contributed by atoms with van der Waals surface area (Å²) in [6, 6.07) is 3.45. The maximum atomic E-state index is 13.7. The third kappa shape index (κ3) is 3.61. The lowest BCUT2D eigenvalue weighted by Gasteiger charge is -2.27. The maximum absolute atomic E-state index is 13.7. The van der Waals surface area contributed by atoms with Crippen LogP contribution in [0.1, 0.15) is 31.7 Å². The fourth-order valence-corrected chi connectivity index (χ4v) is 2.10. The van der Waals surface area contributed by atoms with Crippen LogP contribution in [0.2, 0.25) is 0 Å². The molecule has 1 aliphatic heterocycles. The third-order valence-electron chi connectivity index (χ3n) is 3.26. The molecule has 2 rings (SSSR count). The van der Waals surface area contributed by atoms with Crippen molar-refractivity contribution < 1.29 is 18.3 Å². The molecule has 1 unspecified atom stereocenters. The van der Waals surface area contributed by atoms with Crippen LogP contribution in [0.4, 0.5) is 8.78 Å². The zero-order valence-electron chi connectivity index (χ0n) is 11.0. The molecule has 1 aromatic rings. The van der Waals surface area contributed by atoms with Gasteiger partial charge >= 0.3 is 0 Å². The number of hydrogen-bond donors (Lipinski definition) is 0. The van der Waals surface area contributed by atoms with Gasteiger partial charge in [0.25, 0.3) is 0 Å². The third-order valence-corrected chi connectivity index (χ3v) is 3.26. The Morgan fingerprint density at radius 1 is 1.42 bits per heavy atom. The molecule has 0 saturated carbocycles. The Bertz CT molecular complexity index is 453. The maximum Gasteiger partial charge on any atom is 0.158 e. The Hall–Kier alpha value is -1.26. The summed E-state index contributed by atoms with van der Waals surface area (Å²) >= 11 is 0. The van der Waals surface area contributed by atoms with Gasteiger partial charge in [0.05, 0.1) is 6.10 Å². The lowest BCUT2D eigenvalue weighted by Crippen LogP contribution is -2.27. The van der Waals surface area contributed by atoms with Gasteiger partial charge in [0.15, 0.2) is 6.29 Å². The molecule has 19 heavy (non-hydrogen) atoms. The summed E-state index contributed by atoms with van der Waals surface area (Å²) in [6.07, 6.45) is 2.31. The van der Waals surface area contributed by atoms with Crippen molar-refractivity contribution in [2.45, 2.75) is 38.6 Å². The van der Waals surface area contributed by atoms with E-state index in [1.54, 1.807) is 6.92 Å². The van der Waals surface area contributed by atoms with E-state index in [1.165, 1.54) is 12.1 Å². The molecule has 4 heteroatoms. The Morgan fingerprint density at radius 2 is 2.21 bits per heavy atom. The topological polar surface area (TPSA) is 18.5 Å². The minimum Gasteiger partial charge on any atom is -0.353 e. The highest BCUT2D eigenvalue weighted by Crippen LogP contribution is 2.25. The van der Waals surface area contributed by atoms with Gasteiger partial charge in [-0.1, -0.05) is 6.58 Å². The van der Waals surface area contributed by atoms with Crippen molar-refractivity contribution >= 4 is 5.57 Å². The van der Waals surface area contributed by atoms with Gasteiger partial charge < -0.3 is 9.47 Å². The molecule has 0 spiro atoms. The molecular weight excluding hydrogens is 250 g/mol. The average Bonchev–Trinajstić information content (AvgIpc) is 2.39. The molecule has 2 atom stereocenters. The van der Waals surface area contributed by atoms with Crippen LogP contribution in [0.15, 0.2) is 24.8 Å². The quantitative estimate of drug-likeness (QED) is 0.824. The van der Waals surface area contributed by atoms with Crippen LogP contribution >= 0.6 is 0 Å².